The smallest absolute Gasteiger partial charge is 0.373 e. The standard InChI is InChI=1S/C17H21F3N2O2/c1-10-6-11-8-22(15(23)16(2,24)17(18,19)20)9-13(11)12(7-10)14-4-3-5-21-14/h6-7,14,21,24H,3-5,8-9H2,1-2H3/t14-,16-/m0/s1. The lowest BCUT2D eigenvalue weighted by Crippen LogP contribution is -2.54. The molecule has 2 aliphatic heterocycles. The third-order valence-electron chi connectivity index (χ3n) is 4.92. The van der Waals surface area contributed by atoms with Gasteiger partial charge in [-0.3, -0.25) is 4.79 Å². The maximum atomic E-state index is 12.9. The van der Waals surface area contributed by atoms with Gasteiger partial charge in [-0.05, 0) is 49.9 Å². The SMILES string of the molecule is Cc1cc2c(c([C@@H]3CCCN3)c1)CN(C(=O)[C@](C)(O)C(F)(F)F)C2. The quantitative estimate of drug-likeness (QED) is 0.869. The van der Waals surface area contributed by atoms with Gasteiger partial charge >= 0.3 is 6.18 Å². The summed E-state index contributed by atoms with van der Waals surface area (Å²) in [7, 11) is 0. The zero-order valence-corrected chi connectivity index (χ0v) is 13.7. The summed E-state index contributed by atoms with van der Waals surface area (Å²) in [6.07, 6.45) is -2.96. The fraction of sp³-hybridized carbons (Fsp3) is 0.588. The number of benzene rings is 1. The Kier molecular flexibility index (Phi) is 4.12. The Morgan fingerprint density at radius 3 is 2.62 bits per heavy atom. The Labute approximate surface area is 138 Å². The van der Waals surface area contributed by atoms with E-state index in [1.54, 1.807) is 0 Å². The number of halogens is 3. The van der Waals surface area contributed by atoms with Crippen LogP contribution in [0, 0.1) is 6.92 Å². The predicted octanol–water partition coefficient (Wildman–Crippen LogP) is 2.58. The molecular weight excluding hydrogens is 321 g/mol. The number of alkyl halides is 3. The van der Waals surface area contributed by atoms with Gasteiger partial charge in [0, 0.05) is 19.1 Å². The fourth-order valence-electron chi connectivity index (χ4n) is 3.54. The van der Waals surface area contributed by atoms with Crippen LogP contribution in [0.3, 0.4) is 0 Å². The molecule has 0 spiro atoms. The Morgan fingerprint density at radius 1 is 1.33 bits per heavy atom. The van der Waals surface area contributed by atoms with E-state index in [-0.39, 0.29) is 19.1 Å². The lowest BCUT2D eigenvalue weighted by atomic mass is 9.94. The third kappa shape index (κ3) is 2.80. The Bertz CT molecular complexity index is 665. The minimum Gasteiger partial charge on any atom is -0.373 e. The fourth-order valence-corrected chi connectivity index (χ4v) is 3.54. The van der Waals surface area contributed by atoms with E-state index in [0.29, 0.717) is 6.92 Å². The number of aliphatic hydroxyl groups is 1. The molecule has 0 unspecified atom stereocenters. The number of aryl methyl sites for hydroxylation is 1. The van der Waals surface area contributed by atoms with Crippen LogP contribution in [0.5, 0.6) is 0 Å². The van der Waals surface area contributed by atoms with Gasteiger partial charge in [0.15, 0.2) is 0 Å². The lowest BCUT2D eigenvalue weighted by Gasteiger charge is -2.29. The average Bonchev–Trinajstić information content (AvgIpc) is 3.13. The summed E-state index contributed by atoms with van der Waals surface area (Å²) >= 11 is 0. The summed E-state index contributed by atoms with van der Waals surface area (Å²) in [6.45, 7) is 3.58. The molecule has 2 N–H and O–H groups in total. The van der Waals surface area contributed by atoms with Gasteiger partial charge in [0.25, 0.3) is 5.91 Å². The van der Waals surface area contributed by atoms with Crippen LogP contribution < -0.4 is 5.32 Å². The van der Waals surface area contributed by atoms with Crippen molar-refractivity contribution in [2.45, 2.75) is 57.6 Å². The monoisotopic (exact) mass is 342 g/mol. The average molecular weight is 342 g/mol. The van der Waals surface area contributed by atoms with E-state index >= 15 is 0 Å². The highest BCUT2D eigenvalue weighted by atomic mass is 19.4. The van der Waals surface area contributed by atoms with Crippen LogP contribution in [-0.4, -0.2) is 34.2 Å². The first-order valence-electron chi connectivity index (χ1n) is 8.05. The second-order valence-corrected chi connectivity index (χ2v) is 6.87. The normalized spacial score (nSPS) is 23.2. The number of amides is 1. The topological polar surface area (TPSA) is 52.6 Å². The summed E-state index contributed by atoms with van der Waals surface area (Å²) in [4.78, 5) is 13.3. The summed E-state index contributed by atoms with van der Waals surface area (Å²) in [5, 5.41) is 13.1. The van der Waals surface area contributed by atoms with Crippen LogP contribution in [0.4, 0.5) is 13.2 Å². The summed E-state index contributed by atoms with van der Waals surface area (Å²) in [6, 6.07) is 4.12. The molecule has 7 heteroatoms. The van der Waals surface area contributed by atoms with Crippen molar-refractivity contribution in [3.8, 4) is 0 Å². The molecule has 2 atom stereocenters. The first-order chi connectivity index (χ1) is 11.1. The van der Waals surface area contributed by atoms with Gasteiger partial charge in [0.1, 0.15) is 0 Å². The van der Waals surface area contributed by atoms with E-state index in [1.165, 1.54) is 0 Å². The molecule has 0 aliphatic carbocycles. The molecule has 1 saturated heterocycles. The minimum atomic E-state index is -5.00. The van der Waals surface area contributed by atoms with E-state index < -0.39 is 17.7 Å². The Hall–Kier alpha value is -1.60. The van der Waals surface area contributed by atoms with Gasteiger partial charge < -0.3 is 15.3 Å². The number of nitrogens with one attached hydrogen (secondary N) is 1. The van der Waals surface area contributed by atoms with Crippen LogP contribution in [0.25, 0.3) is 0 Å². The van der Waals surface area contributed by atoms with Crippen LogP contribution in [0.15, 0.2) is 12.1 Å². The summed E-state index contributed by atoms with van der Waals surface area (Å²) in [5.74, 6) is -1.30. The van der Waals surface area contributed by atoms with Gasteiger partial charge in [0.2, 0.25) is 5.60 Å². The maximum absolute atomic E-state index is 12.9. The highest BCUT2D eigenvalue weighted by molar-refractivity contribution is 5.86. The molecule has 0 radical (unpaired) electrons. The minimum absolute atomic E-state index is 0.0990. The van der Waals surface area contributed by atoms with Crippen molar-refractivity contribution in [3.05, 3.63) is 34.4 Å². The van der Waals surface area contributed by atoms with Crippen LogP contribution in [0.1, 0.15) is 48.1 Å². The van der Waals surface area contributed by atoms with Crippen LogP contribution >= 0.6 is 0 Å². The Morgan fingerprint density at radius 2 is 2.04 bits per heavy atom. The molecule has 2 aliphatic rings. The van der Waals surface area contributed by atoms with E-state index in [4.69, 9.17) is 0 Å². The van der Waals surface area contributed by atoms with Crippen molar-refractivity contribution >= 4 is 5.91 Å². The Balaban J connectivity index is 1.89. The van der Waals surface area contributed by atoms with E-state index in [1.807, 2.05) is 19.1 Å². The zero-order chi connectivity index (χ0) is 17.7. The molecular formula is C17H21F3N2O2. The second kappa shape index (κ2) is 5.74. The number of hydrogen-bond donors (Lipinski definition) is 2. The van der Waals surface area contributed by atoms with Crippen molar-refractivity contribution in [2.75, 3.05) is 6.54 Å². The molecule has 132 valence electrons. The number of nitrogens with zero attached hydrogens (tertiary/aromatic N) is 1. The van der Waals surface area contributed by atoms with Crippen molar-refractivity contribution in [3.63, 3.8) is 0 Å². The predicted molar refractivity (Wildman–Crippen MR) is 82.1 cm³/mol. The molecule has 0 saturated carbocycles. The van der Waals surface area contributed by atoms with Gasteiger partial charge in [-0.25, -0.2) is 0 Å². The van der Waals surface area contributed by atoms with Gasteiger partial charge in [0.05, 0.1) is 0 Å². The molecule has 4 nitrogen and oxygen atoms in total. The number of carbonyl (C=O) groups excluding carboxylic acids is 1. The first kappa shape index (κ1) is 17.2. The van der Waals surface area contributed by atoms with Gasteiger partial charge in [-0.15, -0.1) is 0 Å². The summed E-state index contributed by atoms with van der Waals surface area (Å²) in [5.41, 5.74) is 0.491. The molecule has 1 aromatic carbocycles. The molecule has 0 bridgehead atoms. The van der Waals surface area contributed by atoms with Crippen LogP contribution in [-0.2, 0) is 17.9 Å². The number of carbonyl (C=O) groups is 1. The maximum Gasteiger partial charge on any atom is 0.426 e. The lowest BCUT2D eigenvalue weighted by molar-refractivity contribution is -0.250. The van der Waals surface area contributed by atoms with Crippen molar-refractivity contribution < 1.29 is 23.1 Å². The van der Waals surface area contributed by atoms with Crippen molar-refractivity contribution in [1.29, 1.82) is 0 Å². The highest BCUT2D eigenvalue weighted by Crippen LogP contribution is 2.37. The highest BCUT2D eigenvalue weighted by Gasteiger charge is 2.57. The second-order valence-electron chi connectivity index (χ2n) is 6.87. The summed E-state index contributed by atoms with van der Waals surface area (Å²) < 4.78 is 38.8. The molecule has 1 fully saturated rings. The molecule has 24 heavy (non-hydrogen) atoms. The number of fused-ring (bicyclic) bond motifs is 1. The van der Waals surface area contributed by atoms with Crippen molar-refractivity contribution in [1.82, 2.24) is 10.2 Å². The van der Waals surface area contributed by atoms with Crippen molar-refractivity contribution in [2.24, 2.45) is 0 Å². The molecule has 1 aromatic rings. The van der Waals surface area contributed by atoms with Crippen LogP contribution in [0.2, 0.25) is 0 Å². The van der Waals surface area contributed by atoms with E-state index in [2.05, 4.69) is 5.32 Å². The van der Waals surface area contributed by atoms with E-state index in [9.17, 15) is 23.1 Å². The third-order valence-corrected chi connectivity index (χ3v) is 4.92. The van der Waals surface area contributed by atoms with E-state index in [0.717, 1.165) is 46.5 Å². The number of rotatable bonds is 2. The molecule has 0 aromatic heterocycles. The van der Waals surface area contributed by atoms with Gasteiger partial charge in [-0.2, -0.15) is 13.2 Å². The first-order valence-corrected chi connectivity index (χ1v) is 8.05. The largest absolute Gasteiger partial charge is 0.426 e. The molecule has 3 rings (SSSR count). The number of hydrogen-bond acceptors (Lipinski definition) is 3. The van der Waals surface area contributed by atoms with Gasteiger partial charge in [-0.1, -0.05) is 17.7 Å². The molecule has 1 amide bonds. The zero-order valence-electron chi connectivity index (χ0n) is 13.7. The molecule has 2 heterocycles.